The second-order valence-electron chi connectivity index (χ2n) is 7.41. The van der Waals surface area contributed by atoms with Crippen LogP contribution in [0.15, 0.2) is 48.8 Å². The third-order valence-corrected chi connectivity index (χ3v) is 4.52. The number of nitrogens with one attached hydrogen (secondary N) is 1. The van der Waals surface area contributed by atoms with Gasteiger partial charge in [0, 0.05) is 28.5 Å². The first-order valence-corrected chi connectivity index (χ1v) is 9.05. The summed E-state index contributed by atoms with van der Waals surface area (Å²) < 4.78 is 1.89. The molecule has 2 heterocycles. The number of tetrazole rings is 1. The second kappa shape index (κ2) is 7.93. The Morgan fingerprint density at radius 2 is 1.85 bits per heavy atom. The number of hydrogen-bond donors (Lipinski definition) is 1. The van der Waals surface area contributed by atoms with E-state index < -0.39 is 0 Å². The first kappa shape index (κ1) is 18.5. The van der Waals surface area contributed by atoms with Crippen LogP contribution in [0.3, 0.4) is 0 Å². The van der Waals surface area contributed by atoms with Crippen molar-refractivity contribution in [2.75, 3.05) is 0 Å². The molecule has 0 aliphatic carbocycles. The van der Waals surface area contributed by atoms with Crippen molar-refractivity contribution in [3.05, 3.63) is 70.8 Å². The Labute approximate surface area is 158 Å². The third-order valence-electron chi connectivity index (χ3n) is 4.15. The van der Waals surface area contributed by atoms with E-state index in [4.69, 9.17) is 11.6 Å². The average molecular weight is 372 g/mol. The van der Waals surface area contributed by atoms with Crippen LogP contribution >= 0.6 is 11.6 Å². The zero-order chi connectivity index (χ0) is 18.6. The molecule has 0 saturated carbocycles. The van der Waals surface area contributed by atoms with Gasteiger partial charge >= 0.3 is 0 Å². The highest BCUT2D eigenvalue weighted by molar-refractivity contribution is 6.31. The molecule has 0 spiro atoms. The van der Waals surface area contributed by atoms with Gasteiger partial charge in [0.2, 0.25) is 5.82 Å². The van der Waals surface area contributed by atoms with Crippen LogP contribution in [0.2, 0.25) is 5.02 Å². The van der Waals surface area contributed by atoms with Crippen molar-refractivity contribution in [2.24, 2.45) is 0 Å². The number of pyridine rings is 1. The van der Waals surface area contributed by atoms with Crippen molar-refractivity contribution in [2.45, 2.75) is 45.9 Å². The zero-order valence-corrected chi connectivity index (χ0v) is 16.1. The van der Waals surface area contributed by atoms with Crippen LogP contribution in [-0.4, -0.2) is 25.2 Å². The lowest BCUT2D eigenvalue weighted by Crippen LogP contribution is -3.08. The number of halogens is 1. The molecule has 3 rings (SSSR count). The molecule has 3 aromatic rings. The number of quaternary nitrogens is 1. The molecule has 0 fully saturated rings. The Balaban J connectivity index is 1.86. The predicted molar refractivity (Wildman–Crippen MR) is 101 cm³/mol. The van der Waals surface area contributed by atoms with Crippen molar-refractivity contribution < 1.29 is 4.90 Å². The first-order chi connectivity index (χ1) is 12.4. The number of rotatable bonds is 6. The Hall–Kier alpha value is -2.31. The highest BCUT2D eigenvalue weighted by Crippen LogP contribution is 2.15. The van der Waals surface area contributed by atoms with E-state index in [1.54, 1.807) is 6.20 Å². The molecule has 0 aliphatic rings. The molecule has 0 aliphatic heterocycles. The van der Waals surface area contributed by atoms with E-state index in [9.17, 15) is 0 Å². The normalized spacial score (nSPS) is 12.9. The Morgan fingerprint density at radius 3 is 2.54 bits per heavy atom. The standard InChI is InChI=1S/C19H23ClN6/c1-19(2,3)26-18(22-23-24-26)14-25(12-15-7-6-10-21-11-15)13-16-8-4-5-9-17(16)20/h4-11H,12-14H2,1-3H3/p+1. The molecule has 1 aromatic carbocycles. The summed E-state index contributed by atoms with van der Waals surface area (Å²) >= 11 is 6.39. The summed E-state index contributed by atoms with van der Waals surface area (Å²) in [5.41, 5.74) is 2.12. The number of aromatic nitrogens is 5. The molecule has 0 amide bonds. The van der Waals surface area contributed by atoms with Gasteiger partial charge in [-0.15, -0.1) is 5.10 Å². The van der Waals surface area contributed by atoms with Crippen molar-refractivity contribution in [3.63, 3.8) is 0 Å². The number of benzene rings is 1. The summed E-state index contributed by atoms with van der Waals surface area (Å²) in [5, 5.41) is 13.1. The van der Waals surface area contributed by atoms with Gasteiger partial charge in [-0.1, -0.05) is 35.9 Å². The molecule has 6 nitrogen and oxygen atoms in total. The van der Waals surface area contributed by atoms with Gasteiger partial charge in [0.1, 0.15) is 19.6 Å². The van der Waals surface area contributed by atoms with Crippen molar-refractivity contribution in [3.8, 4) is 0 Å². The minimum atomic E-state index is -0.164. The van der Waals surface area contributed by atoms with Gasteiger partial charge in [-0.25, -0.2) is 4.68 Å². The molecule has 7 heteroatoms. The van der Waals surface area contributed by atoms with E-state index >= 15 is 0 Å². The summed E-state index contributed by atoms with van der Waals surface area (Å²) in [4.78, 5) is 5.53. The number of hydrogen-bond acceptors (Lipinski definition) is 4. The zero-order valence-electron chi connectivity index (χ0n) is 15.4. The smallest absolute Gasteiger partial charge is 0.206 e. The topological polar surface area (TPSA) is 60.9 Å². The van der Waals surface area contributed by atoms with Gasteiger partial charge in [-0.05, 0) is 43.3 Å². The molecule has 0 bridgehead atoms. The van der Waals surface area contributed by atoms with Crippen molar-refractivity contribution >= 4 is 11.6 Å². The van der Waals surface area contributed by atoms with Gasteiger partial charge in [0.05, 0.1) is 5.54 Å². The van der Waals surface area contributed by atoms with Crippen molar-refractivity contribution in [1.29, 1.82) is 0 Å². The van der Waals surface area contributed by atoms with Crippen molar-refractivity contribution in [1.82, 2.24) is 25.2 Å². The SMILES string of the molecule is CC(C)(C)n1nnnc1C[NH+](Cc1cccnc1)Cc1ccccc1Cl. The molecule has 1 unspecified atom stereocenters. The van der Waals surface area contributed by atoms with E-state index in [1.807, 2.05) is 35.1 Å². The van der Waals surface area contributed by atoms with Crippen LogP contribution in [0.5, 0.6) is 0 Å². The van der Waals surface area contributed by atoms with E-state index in [0.717, 1.165) is 29.5 Å². The Bertz CT molecular complexity index is 840. The molecule has 0 radical (unpaired) electrons. The Kier molecular flexibility index (Phi) is 5.64. The fraction of sp³-hybridized carbons (Fsp3) is 0.368. The lowest BCUT2D eigenvalue weighted by molar-refractivity contribution is -0.941. The molecule has 1 atom stereocenters. The lowest BCUT2D eigenvalue weighted by atomic mass is 10.1. The van der Waals surface area contributed by atoms with E-state index in [2.05, 4.69) is 53.4 Å². The van der Waals surface area contributed by atoms with Crippen LogP contribution in [0.4, 0.5) is 0 Å². The fourth-order valence-corrected chi connectivity index (χ4v) is 3.15. The van der Waals surface area contributed by atoms with E-state index in [0.29, 0.717) is 6.54 Å². The van der Waals surface area contributed by atoms with Crippen LogP contribution < -0.4 is 4.90 Å². The monoisotopic (exact) mass is 371 g/mol. The lowest BCUT2D eigenvalue weighted by Gasteiger charge is -2.23. The molecular formula is C19H24ClN6+. The highest BCUT2D eigenvalue weighted by Gasteiger charge is 2.23. The Morgan fingerprint density at radius 1 is 1.04 bits per heavy atom. The average Bonchev–Trinajstić information content (AvgIpc) is 3.06. The minimum Gasteiger partial charge on any atom is -0.321 e. The summed E-state index contributed by atoms with van der Waals surface area (Å²) in [5.74, 6) is 0.864. The van der Waals surface area contributed by atoms with E-state index in [-0.39, 0.29) is 5.54 Å². The second-order valence-corrected chi connectivity index (χ2v) is 7.82. The third kappa shape index (κ3) is 4.65. The summed E-state index contributed by atoms with van der Waals surface area (Å²) in [7, 11) is 0. The predicted octanol–water partition coefficient (Wildman–Crippen LogP) is 2.26. The van der Waals surface area contributed by atoms with Crippen LogP contribution in [0.25, 0.3) is 0 Å². The van der Waals surface area contributed by atoms with Crippen LogP contribution in [0.1, 0.15) is 37.7 Å². The van der Waals surface area contributed by atoms with Crippen LogP contribution in [-0.2, 0) is 25.2 Å². The van der Waals surface area contributed by atoms with Gasteiger partial charge < -0.3 is 4.90 Å². The van der Waals surface area contributed by atoms with Crippen LogP contribution in [0, 0.1) is 0 Å². The number of nitrogens with zero attached hydrogens (tertiary/aromatic N) is 5. The minimum absolute atomic E-state index is 0.164. The first-order valence-electron chi connectivity index (χ1n) is 8.67. The quantitative estimate of drug-likeness (QED) is 0.722. The largest absolute Gasteiger partial charge is 0.321 e. The maximum absolute atomic E-state index is 6.39. The molecule has 1 N–H and O–H groups in total. The molecular weight excluding hydrogens is 348 g/mol. The van der Waals surface area contributed by atoms with Gasteiger partial charge in [0.25, 0.3) is 0 Å². The summed E-state index contributed by atoms with van der Waals surface area (Å²) in [6.45, 7) is 8.59. The van der Waals surface area contributed by atoms with Gasteiger partial charge in [0.15, 0.2) is 0 Å². The molecule has 0 saturated heterocycles. The van der Waals surface area contributed by atoms with Gasteiger partial charge in [-0.2, -0.15) is 0 Å². The maximum Gasteiger partial charge on any atom is 0.206 e. The fourth-order valence-electron chi connectivity index (χ4n) is 2.95. The highest BCUT2D eigenvalue weighted by atomic mass is 35.5. The molecule has 26 heavy (non-hydrogen) atoms. The summed E-state index contributed by atoms with van der Waals surface area (Å²) in [6, 6.07) is 12.0. The maximum atomic E-state index is 6.39. The molecule has 2 aromatic heterocycles. The summed E-state index contributed by atoms with van der Waals surface area (Å²) in [6.07, 6.45) is 3.69. The van der Waals surface area contributed by atoms with Gasteiger partial charge in [-0.3, -0.25) is 4.98 Å². The molecule has 136 valence electrons. The van der Waals surface area contributed by atoms with E-state index in [1.165, 1.54) is 10.5 Å².